The number of nitrogens with zero attached hydrogens (tertiary/aromatic N) is 1. The number of carboxylic acids is 1. The minimum absolute atomic E-state index is 0.0970. The molecule has 8 heteroatoms. The Balaban J connectivity index is 2.25. The maximum atomic E-state index is 12.2. The zero-order valence-electron chi connectivity index (χ0n) is 10.7. The van der Waals surface area contributed by atoms with Gasteiger partial charge in [-0.3, -0.25) is 4.98 Å². The van der Waals surface area contributed by atoms with E-state index in [0.29, 0.717) is 4.47 Å². The molecule has 21 heavy (non-hydrogen) atoms. The molecular formula is C13H11BrN2O4S. The van der Waals surface area contributed by atoms with Gasteiger partial charge in [-0.2, -0.15) is 0 Å². The summed E-state index contributed by atoms with van der Waals surface area (Å²) in [5.41, 5.74) is 0.649. The summed E-state index contributed by atoms with van der Waals surface area (Å²) in [6.07, 6.45) is 3.12. The minimum Gasteiger partial charge on any atom is -0.478 e. The molecule has 0 fully saturated rings. The summed E-state index contributed by atoms with van der Waals surface area (Å²) in [7, 11) is -3.80. The number of nitrogens with one attached hydrogen (secondary N) is 1. The monoisotopic (exact) mass is 370 g/mol. The van der Waals surface area contributed by atoms with Crippen molar-refractivity contribution in [3.8, 4) is 0 Å². The highest BCUT2D eigenvalue weighted by molar-refractivity contribution is 9.10. The average Bonchev–Trinajstić information content (AvgIpc) is 2.45. The smallest absolute Gasteiger partial charge is 0.335 e. The molecular weight excluding hydrogens is 360 g/mol. The Bertz CT molecular complexity index is 763. The Morgan fingerprint density at radius 1 is 1.24 bits per heavy atom. The predicted molar refractivity (Wildman–Crippen MR) is 79.4 cm³/mol. The molecule has 0 saturated carbocycles. The van der Waals surface area contributed by atoms with Gasteiger partial charge in [0.25, 0.3) is 0 Å². The van der Waals surface area contributed by atoms with Crippen LogP contribution < -0.4 is 4.72 Å². The highest BCUT2D eigenvalue weighted by Gasteiger charge is 2.17. The van der Waals surface area contributed by atoms with E-state index in [1.165, 1.54) is 12.1 Å². The van der Waals surface area contributed by atoms with Crippen molar-refractivity contribution in [2.24, 2.45) is 0 Å². The molecule has 1 aromatic carbocycles. The molecule has 0 atom stereocenters. The van der Waals surface area contributed by atoms with E-state index in [-0.39, 0.29) is 17.0 Å². The van der Waals surface area contributed by atoms with Crippen molar-refractivity contribution < 1.29 is 18.3 Å². The van der Waals surface area contributed by atoms with E-state index in [1.54, 1.807) is 24.5 Å². The van der Waals surface area contributed by atoms with Crippen molar-refractivity contribution >= 4 is 31.9 Å². The normalized spacial score (nSPS) is 11.3. The second-order valence-corrected chi connectivity index (χ2v) is 6.84. The lowest BCUT2D eigenvalue weighted by Gasteiger charge is -2.08. The Morgan fingerprint density at radius 3 is 2.52 bits per heavy atom. The first-order chi connectivity index (χ1) is 9.88. The van der Waals surface area contributed by atoms with Gasteiger partial charge in [-0.15, -0.1) is 0 Å². The van der Waals surface area contributed by atoms with Crippen LogP contribution in [0.4, 0.5) is 0 Å². The predicted octanol–water partition coefficient (Wildman–Crippen LogP) is 2.02. The second-order valence-electron chi connectivity index (χ2n) is 4.16. The third-order valence-corrected chi connectivity index (χ3v) is 4.48. The first-order valence-corrected chi connectivity index (χ1v) is 8.08. The molecule has 0 amide bonds. The van der Waals surface area contributed by atoms with Gasteiger partial charge in [0, 0.05) is 23.4 Å². The van der Waals surface area contributed by atoms with Gasteiger partial charge in [0.2, 0.25) is 10.0 Å². The number of aromatic nitrogens is 1. The lowest BCUT2D eigenvalue weighted by molar-refractivity contribution is 0.0696. The molecule has 2 rings (SSSR count). The van der Waals surface area contributed by atoms with Gasteiger partial charge < -0.3 is 5.11 Å². The van der Waals surface area contributed by atoms with Gasteiger partial charge in [0.1, 0.15) is 0 Å². The highest BCUT2D eigenvalue weighted by Crippen LogP contribution is 2.20. The first kappa shape index (κ1) is 15.6. The van der Waals surface area contributed by atoms with E-state index < -0.39 is 16.0 Å². The summed E-state index contributed by atoms with van der Waals surface area (Å²) in [5, 5.41) is 8.96. The molecule has 1 aromatic heterocycles. The molecule has 6 nitrogen and oxygen atoms in total. The van der Waals surface area contributed by atoms with Gasteiger partial charge in [-0.05, 0) is 35.9 Å². The second kappa shape index (κ2) is 6.33. The first-order valence-electron chi connectivity index (χ1n) is 5.81. The van der Waals surface area contributed by atoms with Crippen LogP contribution in [0, 0.1) is 0 Å². The van der Waals surface area contributed by atoms with Gasteiger partial charge >= 0.3 is 5.97 Å². The summed E-state index contributed by atoms with van der Waals surface area (Å²) in [4.78, 5) is 14.7. The van der Waals surface area contributed by atoms with Crippen LogP contribution in [-0.4, -0.2) is 24.5 Å². The largest absolute Gasteiger partial charge is 0.478 e. The number of aromatic carboxylic acids is 1. The number of hydrogen-bond donors (Lipinski definition) is 2. The molecule has 0 aliphatic carbocycles. The van der Waals surface area contributed by atoms with Crippen molar-refractivity contribution in [2.45, 2.75) is 11.4 Å². The van der Waals surface area contributed by atoms with Crippen LogP contribution in [0.5, 0.6) is 0 Å². The molecule has 2 N–H and O–H groups in total. The topological polar surface area (TPSA) is 96.4 Å². The maximum absolute atomic E-state index is 12.2. The van der Waals surface area contributed by atoms with Crippen molar-refractivity contribution in [1.82, 2.24) is 9.71 Å². The van der Waals surface area contributed by atoms with Crippen LogP contribution in [0.25, 0.3) is 0 Å². The van der Waals surface area contributed by atoms with Crippen LogP contribution in [-0.2, 0) is 16.6 Å². The summed E-state index contributed by atoms with van der Waals surface area (Å²) in [6, 6.07) is 7.17. The number of rotatable bonds is 5. The quantitative estimate of drug-likeness (QED) is 0.838. The molecule has 0 aliphatic heterocycles. The van der Waals surface area contributed by atoms with Crippen LogP contribution in [0.15, 0.2) is 52.1 Å². The standard InChI is InChI=1S/C13H11BrN2O4S/c14-11-5-10(13(17)18)6-12(7-11)21(19,20)16-8-9-1-3-15-4-2-9/h1-7,16H,8H2,(H,17,18). The molecule has 0 spiro atoms. The summed E-state index contributed by atoms with van der Waals surface area (Å²) < 4.78 is 27.2. The van der Waals surface area contributed by atoms with E-state index in [2.05, 4.69) is 25.6 Å². The lowest BCUT2D eigenvalue weighted by atomic mass is 10.2. The van der Waals surface area contributed by atoms with E-state index in [4.69, 9.17) is 5.11 Å². The van der Waals surface area contributed by atoms with Crippen molar-refractivity contribution in [2.75, 3.05) is 0 Å². The third kappa shape index (κ3) is 4.10. The fourth-order valence-electron chi connectivity index (χ4n) is 1.60. The Labute approximate surface area is 130 Å². The Kier molecular flexibility index (Phi) is 4.71. The summed E-state index contributed by atoms with van der Waals surface area (Å²) in [5.74, 6) is -1.19. The van der Waals surface area contributed by atoms with E-state index >= 15 is 0 Å². The molecule has 0 bridgehead atoms. The van der Waals surface area contributed by atoms with E-state index in [1.807, 2.05) is 0 Å². The number of halogens is 1. The van der Waals surface area contributed by atoms with Crippen molar-refractivity contribution in [1.29, 1.82) is 0 Å². The summed E-state index contributed by atoms with van der Waals surface area (Å²) in [6.45, 7) is 0.0970. The Morgan fingerprint density at radius 2 is 1.90 bits per heavy atom. The summed E-state index contributed by atoms with van der Waals surface area (Å²) >= 11 is 3.11. The highest BCUT2D eigenvalue weighted by atomic mass is 79.9. The molecule has 2 aromatic rings. The molecule has 110 valence electrons. The van der Waals surface area contributed by atoms with Crippen LogP contribution >= 0.6 is 15.9 Å². The van der Waals surface area contributed by atoms with Crippen LogP contribution in [0.3, 0.4) is 0 Å². The third-order valence-electron chi connectivity index (χ3n) is 2.64. The van der Waals surface area contributed by atoms with Crippen molar-refractivity contribution in [3.05, 3.63) is 58.3 Å². The molecule has 0 radical (unpaired) electrons. The molecule has 0 aliphatic rings. The SMILES string of the molecule is O=C(O)c1cc(Br)cc(S(=O)(=O)NCc2ccncc2)c1. The Hall–Kier alpha value is -1.77. The number of carboxylic acid groups (broad SMARTS) is 1. The number of sulfonamides is 1. The average molecular weight is 371 g/mol. The van der Waals surface area contributed by atoms with Gasteiger partial charge in [-0.25, -0.2) is 17.9 Å². The lowest BCUT2D eigenvalue weighted by Crippen LogP contribution is -2.23. The molecule has 0 unspecified atom stereocenters. The van der Waals surface area contributed by atoms with E-state index in [0.717, 1.165) is 11.6 Å². The molecule has 0 saturated heterocycles. The number of hydrogen-bond acceptors (Lipinski definition) is 4. The fraction of sp³-hybridized carbons (Fsp3) is 0.0769. The number of carbonyl (C=O) groups is 1. The molecule has 1 heterocycles. The van der Waals surface area contributed by atoms with Crippen molar-refractivity contribution in [3.63, 3.8) is 0 Å². The van der Waals surface area contributed by atoms with Gasteiger partial charge in [0.05, 0.1) is 10.5 Å². The van der Waals surface area contributed by atoms with E-state index in [9.17, 15) is 13.2 Å². The zero-order chi connectivity index (χ0) is 15.5. The number of pyridine rings is 1. The van der Waals surface area contributed by atoms with Crippen LogP contribution in [0.1, 0.15) is 15.9 Å². The fourth-order valence-corrected chi connectivity index (χ4v) is 3.34. The minimum atomic E-state index is -3.80. The van der Waals surface area contributed by atoms with Gasteiger partial charge in [0.15, 0.2) is 0 Å². The van der Waals surface area contributed by atoms with Gasteiger partial charge in [-0.1, -0.05) is 15.9 Å². The zero-order valence-corrected chi connectivity index (χ0v) is 13.1. The van der Waals surface area contributed by atoms with Crippen LogP contribution in [0.2, 0.25) is 0 Å². The maximum Gasteiger partial charge on any atom is 0.335 e. The number of benzene rings is 1.